The van der Waals surface area contributed by atoms with Gasteiger partial charge in [-0.2, -0.15) is 0 Å². The van der Waals surface area contributed by atoms with Crippen LogP contribution in [0.25, 0.3) is 0 Å². The Balaban J connectivity index is 2.29. The molecule has 0 bridgehead atoms. The summed E-state index contributed by atoms with van der Waals surface area (Å²) in [6.07, 6.45) is 1.87. The molecule has 0 saturated heterocycles. The van der Waals surface area contributed by atoms with E-state index < -0.39 is 15.4 Å². The number of carbonyl (C=O) groups excluding carboxylic acids is 1. The second kappa shape index (κ2) is 4.77. The average molecular weight is 296 g/mol. The Morgan fingerprint density at radius 2 is 1.95 bits per heavy atom. The summed E-state index contributed by atoms with van der Waals surface area (Å²) in [6.45, 7) is 6.33. The number of nitrogens with one attached hydrogen (secondary N) is 1. The predicted octanol–water partition coefficient (Wildman–Crippen LogP) is 1.99. The second-order valence-electron chi connectivity index (χ2n) is 6.17. The molecule has 1 heterocycles. The van der Waals surface area contributed by atoms with Crippen LogP contribution in [0.15, 0.2) is 18.2 Å². The van der Waals surface area contributed by atoms with Crippen LogP contribution >= 0.6 is 0 Å². The number of amides is 1. The van der Waals surface area contributed by atoms with Gasteiger partial charge in [-0.15, -0.1) is 0 Å². The van der Waals surface area contributed by atoms with Crippen LogP contribution in [0, 0.1) is 5.41 Å². The van der Waals surface area contributed by atoms with E-state index in [2.05, 4.69) is 4.72 Å². The molecule has 0 saturated carbocycles. The molecule has 0 aromatic heterocycles. The van der Waals surface area contributed by atoms with Crippen molar-refractivity contribution in [3.8, 4) is 0 Å². The van der Waals surface area contributed by atoms with Crippen molar-refractivity contribution >= 4 is 27.3 Å². The van der Waals surface area contributed by atoms with Crippen LogP contribution in [-0.4, -0.2) is 27.1 Å². The molecule has 0 aliphatic carbocycles. The summed E-state index contributed by atoms with van der Waals surface area (Å²) in [7, 11) is -3.28. The van der Waals surface area contributed by atoms with Crippen LogP contribution in [-0.2, 0) is 21.2 Å². The molecule has 0 spiro atoms. The van der Waals surface area contributed by atoms with Crippen molar-refractivity contribution < 1.29 is 13.2 Å². The molecule has 5 nitrogen and oxygen atoms in total. The van der Waals surface area contributed by atoms with Crippen molar-refractivity contribution in [2.45, 2.75) is 27.2 Å². The molecule has 110 valence electrons. The first-order valence-electron chi connectivity index (χ1n) is 6.50. The topological polar surface area (TPSA) is 66.5 Å². The van der Waals surface area contributed by atoms with E-state index in [9.17, 15) is 13.2 Å². The number of hydrogen-bond donors (Lipinski definition) is 1. The normalized spacial score (nSPS) is 15.1. The van der Waals surface area contributed by atoms with E-state index in [0.717, 1.165) is 23.9 Å². The predicted molar refractivity (Wildman–Crippen MR) is 80.4 cm³/mol. The minimum atomic E-state index is -3.28. The SMILES string of the molecule is CC(C)(C)C(=O)N1CCc2cc(NS(C)(=O)=O)ccc21. The molecule has 0 fully saturated rings. The fraction of sp³-hybridized carbons (Fsp3) is 0.500. The van der Waals surface area contributed by atoms with E-state index in [4.69, 9.17) is 0 Å². The van der Waals surface area contributed by atoms with Crippen molar-refractivity contribution in [1.82, 2.24) is 0 Å². The number of anilines is 2. The fourth-order valence-electron chi connectivity index (χ4n) is 2.30. The number of benzene rings is 1. The molecule has 6 heteroatoms. The van der Waals surface area contributed by atoms with E-state index in [0.29, 0.717) is 12.2 Å². The first kappa shape index (κ1) is 14.8. The summed E-state index contributed by atoms with van der Waals surface area (Å²) in [5.74, 6) is 0.0834. The molecule has 2 rings (SSSR count). The fourth-order valence-corrected chi connectivity index (χ4v) is 2.85. The Bertz CT molecular complexity index is 645. The molecule has 1 aliphatic heterocycles. The van der Waals surface area contributed by atoms with Crippen molar-refractivity contribution in [2.24, 2.45) is 5.41 Å². The number of carbonyl (C=O) groups is 1. The van der Waals surface area contributed by atoms with E-state index in [1.807, 2.05) is 20.8 Å². The maximum atomic E-state index is 12.4. The summed E-state index contributed by atoms with van der Waals surface area (Å²) < 4.78 is 24.9. The average Bonchev–Trinajstić information content (AvgIpc) is 2.67. The van der Waals surface area contributed by atoms with Crippen LogP contribution in [0.4, 0.5) is 11.4 Å². The number of fused-ring (bicyclic) bond motifs is 1. The molecule has 0 atom stereocenters. The smallest absolute Gasteiger partial charge is 0.232 e. The first-order valence-corrected chi connectivity index (χ1v) is 8.40. The van der Waals surface area contributed by atoms with Gasteiger partial charge in [0, 0.05) is 23.3 Å². The lowest BCUT2D eigenvalue weighted by Crippen LogP contribution is -2.38. The lowest BCUT2D eigenvalue weighted by atomic mass is 9.94. The minimum absolute atomic E-state index is 0.0834. The molecule has 0 unspecified atom stereocenters. The Morgan fingerprint density at radius 1 is 1.30 bits per heavy atom. The highest BCUT2D eigenvalue weighted by atomic mass is 32.2. The summed E-state index contributed by atoms with van der Waals surface area (Å²) in [5.41, 5.74) is 1.99. The van der Waals surface area contributed by atoms with Crippen LogP contribution in [0.1, 0.15) is 26.3 Å². The van der Waals surface area contributed by atoms with Gasteiger partial charge in [-0.3, -0.25) is 9.52 Å². The van der Waals surface area contributed by atoms with Crippen LogP contribution in [0.3, 0.4) is 0 Å². The summed E-state index contributed by atoms with van der Waals surface area (Å²) in [6, 6.07) is 5.29. The van der Waals surface area contributed by atoms with Gasteiger partial charge in [0.15, 0.2) is 0 Å². The maximum Gasteiger partial charge on any atom is 0.232 e. The van der Waals surface area contributed by atoms with Crippen LogP contribution in [0.2, 0.25) is 0 Å². The van der Waals surface area contributed by atoms with Crippen molar-refractivity contribution in [2.75, 3.05) is 22.4 Å². The largest absolute Gasteiger partial charge is 0.311 e. The third-order valence-corrected chi connectivity index (χ3v) is 3.77. The van der Waals surface area contributed by atoms with Gasteiger partial charge in [0.05, 0.1) is 6.26 Å². The number of sulfonamides is 1. The van der Waals surface area contributed by atoms with E-state index in [-0.39, 0.29) is 5.91 Å². The van der Waals surface area contributed by atoms with Gasteiger partial charge in [-0.05, 0) is 30.2 Å². The highest BCUT2D eigenvalue weighted by Crippen LogP contribution is 2.33. The minimum Gasteiger partial charge on any atom is -0.311 e. The second-order valence-corrected chi connectivity index (χ2v) is 7.92. The summed E-state index contributed by atoms with van der Waals surface area (Å²) >= 11 is 0. The first-order chi connectivity index (χ1) is 9.08. The maximum absolute atomic E-state index is 12.4. The number of hydrogen-bond acceptors (Lipinski definition) is 3. The van der Waals surface area contributed by atoms with E-state index in [1.165, 1.54) is 0 Å². The number of rotatable bonds is 2. The molecule has 1 aromatic carbocycles. The van der Waals surface area contributed by atoms with Gasteiger partial charge in [0.1, 0.15) is 0 Å². The molecule has 1 aromatic rings. The molecule has 1 N–H and O–H groups in total. The zero-order chi connectivity index (χ0) is 15.1. The third-order valence-electron chi connectivity index (χ3n) is 3.17. The third kappa shape index (κ3) is 3.12. The molecule has 20 heavy (non-hydrogen) atoms. The lowest BCUT2D eigenvalue weighted by Gasteiger charge is -2.26. The quantitative estimate of drug-likeness (QED) is 0.907. The zero-order valence-corrected chi connectivity index (χ0v) is 13.0. The van der Waals surface area contributed by atoms with Crippen molar-refractivity contribution in [1.29, 1.82) is 0 Å². The van der Waals surface area contributed by atoms with Gasteiger partial charge in [-0.25, -0.2) is 8.42 Å². The van der Waals surface area contributed by atoms with Gasteiger partial charge < -0.3 is 4.90 Å². The van der Waals surface area contributed by atoms with Crippen molar-refractivity contribution in [3.05, 3.63) is 23.8 Å². The van der Waals surface area contributed by atoms with Gasteiger partial charge in [0.2, 0.25) is 15.9 Å². The Labute approximate surface area is 120 Å². The highest BCUT2D eigenvalue weighted by molar-refractivity contribution is 7.92. The Hall–Kier alpha value is -1.56. The van der Waals surface area contributed by atoms with Crippen molar-refractivity contribution in [3.63, 3.8) is 0 Å². The summed E-state index contributed by atoms with van der Waals surface area (Å²) in [4.78, 5) is 14.1. The van der Waals surface area contributed by atoms with E-state index in [1.54, 1.807) is 23.1 Å². The highest BCUT2D eigenvalue weighted by Gasteiger charge is 2.32. The van der Waals surface area contributed by atoms with E-state index >= 15 is 0 Å². The Morgan fingerprint density at radius 3 is 2.50 bits per heavy atom. The Kier molecular flexibility index (Phi) is 3.54. The number of nitrogens with zero attached hydrogens (tertiary/aromatic N) is 1. The monoisotopic (exact) mass is 296 g/mol. The van der Waals surface area contributed by atoms with Crippen LogP contribution in [0.5, 0.6) is 0 Å². The van der Waals surface area contributed by atoms with Gasteiger partial charge in [-0.1, -0.05) is 20.8 Å². The molecule has 1 amide bonds. The standard InChI is InChI=1S/C14H20N2O3S/c1-14(2,3)13(17)16-8-7-10-9-11(5-6-12(10)16)15-20(4,18)19/h5-6,9,15H,7-8H2,1-4H3. The van der Waals surface area contributed by atoms with Gasteiger partial charge >= 0.3 is 0 Å². The molecule has 0 radical (unpaired) electrons. The molecular formula is C14H20N2O3S. The molecule has 1 aliphatic rings. The molecular weight excluding hydrogens is 276 g/mol. The lowest BCUT2D eigenvalue weighted by molar-refractivity contribution is -0.125. The summed E-state index contributed by atoms with van der Waals surface area (Å²) in [5, 5.41) is 0. The zero-order valence-electron chi connectivity index (χ0n) is 12.2. The van der Waals surface area contributed by atoms with Gasteiger partial charge in [0.25, 0.3) is 0 Å². The van der Waals surface area contributed by atoms with Crippen LogP contribution < -0.4 is 9.62 Å².